The quantitative estimate of drug-likeness (QED) is 0.659. The molecule has 1 aliphatic rings. The van der Waals surface area contributed by atoms with Crippen LogP contribution in [-0.2, 0) is 0 Å². The summed E-state index contributed by atoms with van der Waals surface area (Å²) in [5, 5.41) is 3.85. The highest BCUT2D eigenvalue weighted by atomic mass is 35.5. The van der Waals surface area contributed by atoms with E-state index in [-0.39, 0.29) is 5.78 Å². The average Bonchev–Trinajstić information content (AvgIpc) is 2.35. The van der Waals surface area contributed by atoms with Crippen LogP contribution in [0.15, 0.2) is 36.4 Å². The molecule has 0 amide bonds. The molecule has 0 aromatic heterocycles. The summed E-state index contributed by atoms with van der Waals surface area (Å²) in [4.78, 5) is 11.3. The minimum atomic E-state index is 0.0245. The molecular weight excluding hydrogens is 250 g/mol. The van der Waals surface area contributed by atoms with Crippen LogP contribution in [0.1, 0.15) is 17.3 Å². The van der Waals surface area contributed by atoms with Crippen LogP contribution in [-0.4, -0.2) is 5.78 Å². The number of rotatable bonds is 1. The third-order valence-corrected chi connectivity index (χ3v) is 3.05. The molecule has 0 fully saturated rings. The van der Waals surface area contributed by atoms with E-state index in [1.807, 2.05) is 6.07 Å². The Kier molecular flexibility index (Phi) is 2.49. The molecule has 0 aliphatic carbocycles. The van der Waals surface area contributed by atoms with Crippen LogP contribution in [0.3, 0.4) is 0 Å². The molecule has 18 heavy (non-hydrogen) atoms. The number of ether oxygens (including phenoxy) is 1. The second kappa shape index (κ2) is 4.03. The van der Waals surface area contributed by atoms with Gasteiger partial charge in [-0.15, -0.1) is 0 Å². The number of hydrogen-bond acceptors (Lipinski definition) is 3. The maximum Gasteiger partial charge on any atom is 0.159 e. The SMILES string of the molecule is CC(=O)c1ccc2c(c1)Nc1cc(Cl)ccc1O2. The first kappa shape index (κ1) is 11.1. The van der Waals surface area contributed by atoms with Crippen molar-refractivity contribution in [2.45, 2.75) is 6.92 Å². The van der Waals surface area contributed by atoms with E-state index < -0.39 is 0 Å². The van der Waals surface area contributed by atoms with E-state index in [9.17, 15) is 4.79 Å². The number of nitrogens with one attached hydrogen (secondary N) is 1. The lowest BCUT2D eigenvalue weighted by molar-refractivity contribution is 0.101. The Hall–Kier alpha value is -2.00. The lowest BCUT2D eigenvalue weighted by Crippen LogP contribution is -2.04. The second-order valence-electron chi connectivity index (χ2n) is 4.13. The first-order chi connectivity index (χ1) is 8.63. The average molecular weight is 260 g/mol. The highest BCUT2D eigenvalue weighted by molar-refractivity contribution is 6.31. The number of fused-ring (bicyclic) bond motifs is 2. The zero-order chi connectivity index (χ0) is 12.7. The number of ketones is 1. The van der Waals surface area contributed by atoms with Gasteiger partial charge in [-0.25, -0.2) is 0 Å². The summed E-state index contributed by atoms with van der Waals surface area (Å²) in [6.45, 7) is 1.54. The smallest absolute Gasteiger partial charge is 0.159 e. The molecule has 2 aromatic rings. The number of hydrogen-bond donors (Lipinski definition) is 1. The molecule has 0 saturated carbocycles. The van der Waals surface area contributed by atoms with Gasteiger partial charge >= 0.3 is 0 Å². The zero-order valence-electron chi connectivity index (χ0n) is 9.66. The van der Waals surface area contributed by atoms with Crippen molar-refractivity contribution in [1.82, 2.24) is 0 Å². The molecule has 1 aliphatic heterocycles. The number of benzene rings is 2. The summed E-state index contributed by atoms with van der Waals surface area (Å²) in [7, 11) is 0. The molecule has 0 spiro atoms. The highest BCUT2D eigenvalue weighted by Crippen LogP contribution is 2.43. The van der Waals surface area contributed by atoms with Crippen molar-refractivity contribution in [3.05, 3.63) is 47.0 Å². The van der Waals surface area contributed by atoms with Crippen LogP contribution in [0.4, 0.5) is 11.4 Å². The van der Waals surface area contributed by atoms with Crippen molar-refractivity contribution >= 4 is 28.8 Å². The molecule has 2 aromatic carbocycles. The molecule has 90 valence electrons. The molecule has 3 nitrogen and oxygen atoms in total. The molecule has 0 unspecified atom stereocenters. The van der Waals surface area contributed by atoms with Crippen LogP contribution in [0.2, 0.25) is 5.02 Å². The molecule has 0 atom stereocenters. The molecule has 1 heterocycles. The largest absolute Gasteiger partial charge is 0.453 e. The second-order valence-corrected chi connectivity index (χ2v) is 4.57. The number of carbonyl (C=O) groups is 1. The van der Waals surface area contributed by atoms with Gasteiger partial charge in [0.05, 0.1) is 11.4 Å². The maximum absolute atomic E-state index is 11.3. The summed E-state index contributed by atoms with van der Waals surface area (Å²) in [5.41, 5.74) is 2.23. The van der Waals surface area contributed by atoms with E-state index in [1.165, 1.54) is 6.92 Å². The van der Waals surface area contributed by atoms with Crippen LogP contribution in [0.5, 0.6) is 11.5 Å². The van der Waals surface area contributed by atoms with Gasteiger partial charge in [0.25, 0.3) is 0 Å². The normalized spacial score (nSPS) is 11.9. The summed E-state index contributed by atoms with van der Waals surface area (Å²) in [6, 6.07) is 10.7. The Morgan fingerprint density at radius 3 is 2.50 bits per heavy atom. The molecule has 1 N–H and O–H groups in total. The topological polar surface area (TPSA) is 38.3 Å². The minimum Gasteiger partial charge on any atom is -0.453 e. The van der Waals surface area contributed by atoms with Crippen molar-refractivity contribution in [2.24, 2.45) is 0 Å². The number of Topliss-reactive ketones (excluding diaryl/α,β-unsaturated/α-hetero) is 1. The molecule has 0 saturated heterocycles. The van der Waals surface area contributed by atoms with Gasteiger partial charge in [0, 0.05) is 10.6 Å². The monoisotopic (exact) mass is 259 g/mol. The number of carbonyl (C=O) groups excluding carboxylic acids is 1. The first-order valence-electron chi connectivity index (χ1n) is 5.53. The van der Waals surface area contributed by atoms with E-state index in [0.29, 0.717) is 16.3 Å². The third kappa shape index (κ3) is 1.83. The Morgan fingerprint density at radius 1 is 1.11 bits per heavy atom. The molecular formula is C14H10ClNO2. The van der Waals surface area contributed by atoms with Gasteiger partial charge in [-0.2, -0.15) is 0 Å². The van der Waals surface area contributed by atoms with Gasteiger partial charge in [-0.1, -0.05) is 11.6 Å². The van der Waals surface area contributed by atoms with E-state index in [0.717, 1.165) is 17.1 Å². The third-order valence-electron chi connectivity index (χ3n) is 2.82. The molecule has 0 radical (unpaired) electrons. The van der Waals surface area contributed by atoms with E-state index >= 15 is 0 Å². The van der Waals surface area contributed by atoms with Crippen LogP contribution in [0, 0.1) is 0 Å². The van der Waals surface area contributed by atoms with Gasteiger partial charge in [0.15, 0.2) is 17.3 Å². The maximum atomic E-state index is 11.3. The van der Waals surface area contributed by atoms with Crippen LogP contribution < -0.4 is 10.1 Å². The summed E-state index contributed by atoms with van der Waals surface area (Å²) in [6.07, 6.45) is 0. The fraction of sp³-hybridized carbons (Fsp3) is 0.0714. The Bertz CT molecular complexity index is 652. The van der Waals surface area contributed by atoms with Gasteiger partial charge in [0.1, 0.15) is 0 Å². The lowest BCUT2D eigenvalue weighted by atomic mass is 10.1. The number of halogens is 1. The lowest BCUT2D eigenvalue weighted by Gasteiger charge is -2.22. The predicted molar refractivity (Wildman–Crippen MR) is 71.3 cm³/mol. The van der Waals surface area contributed by atoms with Crippen molar-refractivity contribution in [3.8, 4) is 11.5 Å². The fourth-order valence-electron chi connectivity index (χ4n) is 1.89. The number of anilines is 2. The van der Waals surface area contributed by atoms with Gasteiger partial charge in [0.2, 0.25) is 0 Å². The molecule has 0 bridgehead atoms. The Balaban J connectivity index is 2.05. The van der Waals surface area contributed by atoms with Crippen LogP contribution >= 0.6 is 11.6 Å². The predicted octanol–water partition coefficient (Wildman–Crippen LogP) is 4.39. The van der Waals surface area contributed by atoms with Crippen molar-refractivity contribution < 1.29 is 9.53 Å². The minimum absolute atomic E-state index is 0.0245. The van der Waals surface area contributed by atoms with E-state index in [2.05, 4.69) is 5.32 Å². The van der Waals surface area contributed by atoms with Crippen molar-refractivity contribution in [1.29, 1.82) is 0 Å². The van der Waals surface area contributed by atoms with Gasteiger partial charge in [-0.3, -0.25) is 4.79 Å². The Morgan fingerprint density at radius 2 is 1.78 bits per heavy atom. The standard InChI is InChI=1S/C14H10ClNO2/c1-8(17)9-2-4-13-11(6-9)16-12-7-10(15)3-5-14(12)18-13/h2-7,16H,1H3. The van der Waals surface area contributed by atoms with Gasteiger partial charge < -0.3 is 10.1 Å². The Labute approximate surface area is 109 Å². The molecule has 3 rings (SSSR count). The first-order valence-corrected chi connectivity index (χ1v) is 5.91. The van der Waals surface area contributed by atoms with E-state index in [4.69, 9.17) is 16.3 Å². The summed E-state index contributed by atoms with van der Waals surface area (Å²) >= 11 is 5.94. The van der Waals surface area contributed by atoms with E-state index in [1.54, 1.807) is 30.3 Å². The van der Waals surface area contributed by atoms with Crippen LogP contribution in [0.25, 0.3) is 0 Å². The summed E-state index contributed by atoms with van der Waals surface area (Å²) < 4.78 is 5.73. The van der Waals surface area contributed by atoms with Crippen molar-refractivity contribution in [3.63, 3.8) is 0 Å². The van der Waals surface area contributed by atoms with Gasteiger partial charge in [-0.05, 0) is 43.3 Å². The highest BCUT2D eigenvalue weighted by Gasteiger charge is 2.17. The summed E-state index contributed by atoms with van der Waals surface area (Å²) in [5.74, 6) is 1.45. The van der Waals surface area contributed by atoms with Crippen molar-refractivity contribution in [2.75, 3.05) is 5.32 Å². The fourth-order valence-corrected chi connectivity index (χ4v) is 2.06. The zero-order valence-corrected chi connectivity index (χ0v) is 10.4. The molecule has 4 heteroatoms.